The van der Waals surface area contributed by atoms with Crippen LogP contribution in [0, 0.1) is 0 Å². The average Bonchev–Trinajstić information content (AvgIpc) is 3.38. The van der Waals surface area contributed by atoms with Crippen molar-refractivity contribution in [2.75, 3.05) is 6.54 Å². The van der Waals surface area contributed by atoms with E-state index in [9.17, 15) is 4.79 Å². The number of hydrogen-bond acceptors (Lipinski definition) is 5. The SMILES string of the molecule is O=c1ccc(-c2cccnc2)nn1CC1CCCN1Cc1cnn2c1CCCC2. The van der Waals surface area contributed by atoms with Crippen LogP contribution in [0.3, 0.4) is 0 Å². The lowest BCUT2D eigenvalue weighted by molar-refractivity contribution is 0.216. The number of aryl methyl sites for hydroxylation is 1. The van der Waals surface area contributed by atoms with Crippen molar-refractivity contribution in [3.63, 3.8) is 0 Å². The van der Waals surface area contributed by atoms with Crippen LogP contribution in [0.25, 0.3) is 11.3 Å². The molecule has 0 amide bonds. The standard InChI is InChI=1S/C22H26N6O/c29-22-9-8-20(17-5-3-10-23-13-17)25-28(22)16-19-6-4-11-26(19)15-18-14-24-27-12-2-1-7-21(18)27/h3,5,8-10,13-14,19H,1-2,4,6-7,11-12,15-16H2. The van der Waals surface area contributed by atoms with E-state index in [1.165, 1.54) is 24.1 Å². The molecule has 0 radical (unpaired) electrons. The number of aromatic nitrogens is 5. The van der Waals surface area contributed by atoms with Crippen molar-refractivity contribution >= 4 is 0 Å². The summed E-state index contributed by atoms with van der Waals surface area (Å²) < 4.78 is 3.80. The van der Waals surface area contributed by atoms with Gasteiger partial charge in [-0.3, -0.25) is 19.4 Å². The van der Waals surface area contributed by atoms with Gasteiger partial charge in [-0.15, -0.1) is 0 Å². The van der Waals surface area contributed by atoms with E-state index >= 15 is 0 Å². The molecule has 5 heterocycles. The molecule has 1 unspecified atom stereocenters. The van der Waals surface area contributed by atoms with Gasteiger partial charge in [0.05, 0.1) is 18.4 Å². The Balaban J connectivity index is 1.35. The Morgan fingerprint density at radius 2 is 2.03 bits per heavy atom. The predicted molar refractivity (Wildman–Crippen MR) is 110 cm³/mol. The van der Waals surface area contributed by atoms with Gasteiger partial charge in [0.25, 0.3) is 5.56 Å². The molecule has 1 saturated heterocycles. The second kappa shape index (κ2) is 7.91. The van der Waals surface area contributed by atoms with Crippen LogP contribution < -0.4 is 5.56 Å². The Bertz CT molecular complexity index is 1040. The summed E-state index contributed by atoms with van der Waals surface area (Å²) in [6, 6.07) is 7.57. The van der Waals surface area contributed by atoms with Gasteiger partial charge in [-0.05, 0) is 56.8 Å². The first-order chi connectivity index (χ1) is 14.3. The summed E-state index contributed by atoms with van der Waals surface area (Å²) >= 11 is 0. The molecule has 2 aliphatic rings. The molecule has 0 bridgehead atoms. The van der Waals surface area contributed by atoms with Gasteiger partial charge < -0.3 is 0 Å². The Labute approximate surface area is 170 Å². The van der Waals surface area contributed by atoms with Crippen molar-refractivity contribution in [1.29, 1.82) is 0 Å². The molecule has 0 saturated carbocycles. The number of hydrogen-bond donors (Lipinski definition) is 0. The Morgan fingerprint density at radius 1 is 1.07 bits per heavy atom. The normalized spacial score (nSPS) is 19.4. The maximum Gasteiger partial charge on any atom is 0.266 e. The quantitative estimate of drug-likeness (QED) is 0.670. The lowest BCUT2D eigenvalue weighted by Gasteiger charge is -2.25. The van der Waals surface area contributed by atoms with E-state index in [0.717, 1.165) is 50.2 Å². The number of rotatable bonds is 5. The van der Waals surface area contributed by atoms with Crippen LogP contribution in [0.2, 0.25) is 0 Å². The summed E-state index contributed by atoms with van der Waals surface area (Å²) in [5, 5.41) is 9.21. The van der Waals surface area contributed by atoms with Gasteiger partial charge in [0.1, 0.15) is 0 Å². The second-order valence-corrected chi connectivity index (χ2v) is 8.04. The maximum absolute atomic E-state index is 12.5. The smallest absolute Gasteiger partial charge is 0.266 e. The summed E-state index contributed by atoms with van der Waals surface area (Å²) in [6.45, 7) is 3.64. The monoisotopic (exact) mass is 390 g/mol. The fourth-order valence-electron chi connectivity index (χ4n) is 4.59. The highest BCUT2D eigenvalue weighted by Gasteiger charge is 2.27. The third-order valence-electron chi connectivity index (χ3n) is 6.15. The van der Waals surface area contributed by atoms with E-state index < -0.39 is 0 Å². The highest BCUT2D eigenvalue weighted by molar-refractivity contribution is 5.56. The van der Waals surface area contributed by atoms with E-state index in [1.54, 1.807) is 29.2 Å². The number of pyridine rings is 1. The van der Waals surface area contributed by atoms with Crippen molar-refractivity contribution in [2.24, 2.45) is 0 Å². The van der Waals surface area contributed by atoms with E-state index in [4.69, 9.17) is 0 Å². The highest BCUT2D eigenvalue weighted by atomic mass is 16.1. The Kier molecular flexibility index (Phi) is 4.97. The minimum absolute atomic E-state index is 0.0487. The van der Waals surface area contributed by atoms with Crippen LogP contribution in [0.5, 0.6) is 0 Å². The first kappa shape index (κ1) is 18.2. The minimum Gasteiger partial charge on any atom is -0.294 e. The number of nitrogens with zero attached hydrogens (tertiary/aromatic N) is 6. The molecule has 2 aliphatic heterocycles. The molecule has 0 aliphatic carbocycles. The lowest BCUT2D eigenvalue weighted by Crippen LogP contribution is -2.36. The van der Waals surface area contributed by atoms with Crippen molar-refractivity contribution in [3.8, 4) is 11.3 Å². The molecular formula is C22H26N6O. The molecule has 3 aromatic rings. The molecule has 5 rings (SSSR count). The third-order valence-corrected chi connectivity index (χ3v) is 6.15. The van der Waals surface area contributed by atoms with Crippen molar-refractivity contribution in [3.05, 3.63) is 64.5 Å². The summed E-state index contributed by atoms with van der Waals surface area (Å²) in [5.41, 5.74) is 4.41. The zero-order valence-electron chi connectivity index (χ0n) is 16.6. The molecule has 150 valence electrons. The Morgan fingerprint density at radius 3 is 2.93 bits per heavy atom. The predicted octanol–water partition coefficient (Wildman–Crippen LogP) is 2.50. The van der Waals surface area contributed by atoms with Crippen LogP contribution in [-0.2, 0) is 26.1 Å². The van der Waals surface area contributed by atoms with Crippen LogP contribution in [0.4, 0.5) is 0 Å². The minimum atomic E-state index is -0.0487. The molecule has 7 nitrogen and oxygen atoms in total. The fourth-order valence-corrected chi connectivity index (χ4v) is 4.59. The van der Waals surface area contributed by atoms with Crippen LogP contribution in [0.15, 0.2) is 47.7 Å². The topological polar surface area (TPSA) is 68.8 Å². The summed E-state index contributed by atoms with van der Waals surface area (Å²) in [7, 11) is 0. The zero-order valence-corrected chi connectivity index (χ0v) is 16.6. The third kappa shape index (κ3) is 3.74. The van der Waals surface area contributed by atoms with Gasteiger partial charge in [0, 0.05) is 54.4 Å². The Hall–Kier alpha value is -2.80. The fraction of sp³-hybridized carbons (Fsp3) is 0.455. The van der Waals surface area contributed by atoms with Crippen LogP contribution >= 0.6 is 0 Å². The van der Waals surface area contributed by atoms with Gasteiger partial charge in [0.2, 0.25) is 0 Å². The summed E-state index contributed by atoms with van der Waals surface area (Å²) in [5.74, 6) is 0. The number of likely N-dealkylation sites (tertiary alicyclic amines) is 1. The largest absolute Gasteiger partial charge is 0.294 e. The van der Waals surface area contributed by atoms with Gasteiger partial charge in [0.15, 0.2) is 0 Å². The molecule has 0 aromatic carbocycles. The van der Waals surface area contributed by atoms with E-state index in [1.807, 2.05) is 18.3 Å². The van der Waals surface area contributed by atoms with E-state index in [0.29, 0.717) is 12.6 Å². The average molecular weight is 390 g/mol. The lowest BCUT2D eigenvalue weighted by atomic mass is 10.1. The maximum atomic E-state index is 12.5. The van der Waals surface area contributed by atoms with E-state index in [-0.39, 0.29) is 5.56 Å². The molecule has 1 fully saturated rings. The first-order valence-corrected chi connectivity index (χ1v) is 10.5. The van der Waals surface area contributed by atoms with Gasteiger partial charge in [-0.1, -0.05) is 0 Å². The van der Waals surface area contributed by atoms with Crippen LogP contribution in [0.1, 0.15) is 36.9 Å². The second-order valence-electron chi connectivity index (χ2n) is 8.04. The van der Waals surface area contributed by atoms with Gasteiger partial charge >= 0.3 is 0 Å². The zero-order chi connectivity index (χ0) is 19.6. The molecule has 7 heteroatoms. The van der Waals surface area contributed by atoms with Gasteiger partial charge in [-0.2, -0.15) is 10.2 Å². The van der Waals surface area contributed by atoms with Gasteiger partial charge in [-0.25, -0.2) is 4.68 Å². The molecule has 0 spiro atoms. The first-order valence-electron chi connectivity index (χ1n) is 10.5. The molecule has 29 heavy (non-hydrogen) atoms. The molecule has 1 atom stereocenters. The number of fused-ring (bicyclic) bond motifs is 1. The van der Waals surface area contributed by atoms with E-state index in [2.05, 4.69) is 24.8 Å². The van der Waals surface area contributed by atoms with Crippen LogP contribution in [-0.4, -0.2) is 42.0 Å². The molecule has 0 N–H and O–H groups in total. The summed E-state index contributed by atoms with van der Waals surface area (Å²) in [4.78, 5) is 19.1. The highest BCUT2D eigenvalue weighted by Crippen LogP contribution is 2.25. The van der Waals surface area contributed by atoms with Crippen molar-refractivity contribution < 1.29 is 0 Å². The summed E-state index contributed by atoms with van der Waals surface area (Å²) in [6.07, 6.45) is 11.4. The van der Waals surface area contributed by atoms with Crippen molar-refractivity contribution in [2.45, 2.75) is 57.8 Å². The van der Waals surface area contributed by atoms with Crippen molar-refractivity contribution in [1.82, 2.24) is 29.4 Å². The molecule has 3 aromatic heterocycles. The molecular weight excluding hydrogens is 364 g/mol.